The van der Waals surface area contributed by atoms with Crippen LogP contribution in [0, 0.1) is 0 Å². The van der Waals surface area contributed by atoms with Crippen molar-refractivity contribution < 1.29 is 57.0 Å². The molecule has 0 aliphatic carbocycles. The molecule has 0 saturated carbocycles. The molecule has 0 atom stereocenters. The van der Waals surface area contributed by atoms with E-state index in [1.54, 1.807) is 0 Å². The molecule has 0 radical (unpaired) electrons. The van der Waals surface area contributed by atoms with E-state index in [4.69, 9.17) is 0 Å². The summed E-state index contributed by atoms with van der Waals surface area (Å²) in [6, 6.07) is 9.55. The second-order valence-corrected chi connectivity index (χ2v) is 7.25. The maximum Gasteiger partial charge on any atom is 0.460 e. The highest BCUT2D eigenvalue weighted by molar-refractivity contribution is 7.87. The molecule has 1 amide bonds. The number of carbonyl (C=O) groups is 1. The zero-order chi connectivity index (χ0) is 23.2. The van der Waals surface area contributed by atoms with Crippen molar-refractivity contribution in [2.45, 2.75) is 23.3 Å². The molecule has 1 N–H and O–H groups in total. The Morgan fingerprint density at radius 1 is 0.800 bits per heavy atom. The van der Waals surface area contributed by atoms with Crippen LogP contribution in [0.2, 0.25) is 0 Å². The number of rotatable bonds is 6. The highest BCUT2D eigenvalue weighted by atomic mass is 32.2. The van der Waals surface area contributed by atoms with Crippen LogP contribution in [0.4, 0.5) is 39.5 Å². The highest BCUT2D eigenvalue weighted by Gasteiger charge is 2.86. The van der Waals surface area contributed by atoms with E-state index in [2.05, 4.69) is 4.28 Å². The van der Waals surface area contributed by atoms with Crippen LogP contribution in [0.15, 0.2) is 42.5 Å². The van der Waals surface area contributed by atoms with Gasteiger partial charge in [-0.3, -0.25) is 4.79 Å². The van der Waals surface area contributed by atoms with Crippen LogP contribution in [-0.4, -0.2) is 37.6 Å². The Balaban J connectivity index is 2.32. The number of nitrogens with one attached hydrogen (secondary N) is 1. The fourth-order valence-electron chi connectivity index (χ4n) is 2.14. The van der Waals surface area contributed by atoms with Gasteiger partial charge in [-0.15, -0.1) is 4.28 Å². The summed E-state index contributed by atoms with van der Waals surface area (Å²) in [6.45, 7) is 0. The number of benzene rings is 2. The summed E-state index contributed by atoms with van der Waals surface area (Å²) in [4.78, 5) is 12.0. The maximum atomic E-state index is 13.5. The summed E-state index contributed by atoms with van der Waals surface area (Å²) in [5.74, 6) is -16.5. The number of hydroxylamine groups is 1. The predicted octanol–water partition coefficient (Wildman–Crippen LogP) is 4.26. The Morgan fingerprint density at radius 2 is 1.33 bits per heavy atom. The first-order valence-electron chi connectivity index (χ1n) is 7.38. The Bertz CT molecular complexity index is 1060. The summed E-state index contributed by atoms with van der Waals surface area (Å²) >= 11 is 0. The normalized spacial score (nSPS) is 14.0. The third kappa shape index (κ3) is 3.66. The third-order valence-corrected chi connectivity index (χ3v) is 4.90. The van der Waals surface area contributed by atoms with Crippen molar-refractivity contribution in [3.63, 3.8) is 0 Å². The second-order valence-electron chi connectivity index (χ2n) is 5.66. The van der Waals surface area contributed by atoms with Crippen molar-refractivity contribution in [1.82, 2.24) is 5.48 Å². The molecule has 0 aliphatic rings. The highest BCUT2D eigenvalue weighted by Crippen LogP contribution is 2.54. The molecule has 0 bridgehead atoms. The van der Waals surface area contributed by atoms with Crippen molar-refractivity contribution in [3.8, 4) is 0 Å². The molecule has 5 nitrogen and oxygen atoms in total. The van der Waals surface area contributed by atoms with E-state index in [0.717, 1.165) is 11.5 Å². The van der Waals surface area contributed by atoms with Gasteiger partial charge in [-0.2, -0.15) is 47.9 Å². The first-order chi connectivity index (χ1) is 13.5. The topological polar surface area (TPSA) is 72.5 Å². The van der Waals surface area contributed by atoms with Crippen LogP contribution < -0.4 is 5.48 Å². The molecule has 0 fully saturated rings. The first kappa shape index (κ1) is 23.7. The van der Waals surface area contributed by atoms with E-state index < -0.39 is 44.9 Å². The lowest BCUT2D eigenvalue weighted by Crippen LogP contribution is -2.63. The number of carbonyl (C=O) groups excluding carboxylic acids is 1. The number of hydrogen-bond acceptors (Lipinski definition) is 4. The quantitative estimate of drug-likeness (QED) is 0.507. The van der Waals surface area contributed by atoms with E-state index >= 15 is 0 Å². The lowest BCUT2D eigenvalue weighted by molar-refractivity contribution is -0.382. The summed E-state index contributed by atoms with van der Waals surface area (Å²) in [7, 11) is -7.21. The van der Waals surface area contributed by atoms with Gasteiger partial charge in [0.2, 0.25) is 0 Å². The van der Waals surface area contributed by atoms with Crippen LogP contribution in [0.25, 0.3) is 10.8 Å². The van der Waals surface area contributed by atoms with Gasteiger partial charge < -0.3 is 0 Å². The third-order valence-electron chi connectivity index (χ3n) is 3.71. The van der Waals surface area contributed by atoms with E-state index in [0.29, 0.717) is 5.39 Å². The Morgan fingerprint density at radius 3 is 1.90 bits per heavy atom. The molecule has 2 aromatic carbocycles. The van der Waals surface area contributed by atoms with Gasteiger partial charge in [-0.05, 0) is 16.8 Å². The van der Waals surface area contributed by atoms with Crippen molar-refractivity contribution >= 4 is 26.8 Å². The van der Waals surface area contributed by atoms with Gasteiger partial charge in [0.1, 0.15) is 0 Å². The number of hydrogen-bond donors (Lipinski definition) is 1. The molecule has 0 unspecified atom stereocenters. The minimum absolute atomic E-state index is 0.124. The van der Waals surface area contributed by atoms with Gasteiger partial charge in [0.05, 0.1) is 0 Å². The molecule has 0 saturated heterocycles. The number of halogens is 9. The minimum Gasteiger partial charge on any atom is -0.267 e. The zero-order valence-corrected chi connectivity index (χ0v) is 14.8. The molecular formula is C15H8F9NO4S. The molecule has 166 valence electrons. The molecule has 30 heavy (non-hydrogen) atoms. The summed E-state index contributed by atoms with van der Waals surface area (Å²) in [5, 5.41) is -6.56. The smallest absolute Gasteiger partial charge is 0.267 e. The molecule has 0 spiro atoms. The van der Waals surface area contributed by atoms with E-state index in [9.17, 15) is 52.7 Å². The van der Waals surface area contributed by atoms with Crippen LogP contribution in [-0.2, 0) is 14.4 Å². The standard InChI is InChI=1S/C15H8F9NO4S/c16-12(17,14(20,21)22)13(18,19)15(23,24)30(27,28)29-25-11(26)10-7-3-5-8-4-1-2-6-9(8)10/h1-7H,(H,25,26). The van der Waals surface area contributed by atoms with Crippen molar-refractivity contribution in [3.05, 3.63) is 48.0 Å². The minimum atomic E-state index is -7.47. The molecule has 15 heteroatoms. The summed E-state index contributed by atoms with van der Waals surface area (Å²) in [6.07, 6.45) is -7.22. The lowest BCUT2D eigenvalue weighted by atomic mass is 10.0. The molecule has 0 aromatic heterocycles. The largest absolute Gasteiger partial charge is 0.460 e. The monoisotopic (exact) mass is 469 g/mol. The van der Waals surface area contributed by atoms with Crippen LogP contribution in [0.5, 0.6) is 0 Å². The van der Waals surface area contributed by atoms with Crippen LogP contribution >= 0.6 is 0 Å². The summed E-state index contributed by atoms with van der Waals surface area (Å²) in [5.41, 5.74) is 0.430. The Kier molecular flexibility index (Phi) is 5.77. The fourth-order valence-corrected chi connectivity index (χ4v) is 2.87. The number of alkyl halides is 9. The van der Waals surface area contributed by atoms with E-state index in [1.807, 2.05) is 0 Å². The number of fused-ring (bicyclic) bond motifs is 1. The van der Waals surface area contributed by atoms with Gasteiger partial charge in [-0.25, -0.2) is 5.48 Å². The predicted molar refractivity (Wildman–Crippen MR) is 82.3 cm³/mol. The fraction of sp³-hybridized carbons (Fsp3) is 0.267. The van der Waals surface area contributed by atoms with E-state index in [-0.39, 0.29) is 5.39 Å². The van der Waals surface area contributed by atoms with Gasteiger partial charge in [0.25, 0.3) is 5.91 Å². The molecular weight excluding hydrogens is 461 g/mol. The van der Waals surface area contributed by atoms with Gasteiger partial charge in [0, 0.05) is 5.56 Å². The number of amides is 1. The second kappa shape index (κ2) is 7.30. The maximum absolute atomic E-state index is 13.5. The zero-order valence-electron chi connectivity index (χ0n) is 14.0. The molecule has 2 aromatic rings. The van der Waals surface area contributed by atoms with Gasteiger partial charge in [-0.1, -0.05) is 36.4 Å². The van der Waals surface area contributed by atoms with E-state index in [1.165, 1.54) is 36.4 Å². The molecule has 2 rings (SSSR count). The first-order valence-corrected chi connectivity index (χ1v) is 8.79. The van der Waals surface area contributed by atoms with Gasteiger partial charge >= 0.3 is 33.4 Å². The van der Waals surface area contributed by atoms with Gasteiger partial charge in [0.15, 0.2) is 0 Å². The Hall–Kier alpha value is -2.55. The average Bonchev–Trinajstić information content (AvgIpc) is 2.64. The summed E-state index contributed by atoms with van der Waals surface area (Å²) < 4.78 is 141. The van der Waals surface area contributed by atoms with Crippen molar-refractivity contribution in [2.75, 3.05) is 0 Å². The lowest BCUT2D eigenvalue weighted by Gasteiger charge is -2.32. The van der Waals surface area contributed by atoms with Crippen LogP contribution in [0.3, 0.4) is 0 Å². The SMILES string of the molecule is O=C(NOS(=O)(=O)C(F)(F)C(F)(F)C(F)(F)C(F)(F)F)c1cccc2ccccc12. The molecule has 0 aliphatic heterocycles. The van der Waals surface area contributed by atoms with Crippen molar-refractivity contribution in [2.24, 2.45) is 0 Å². The molecule has 0 heterocycles. The van der Waals surface area contributed by atoms with Crippen LogP contribution in [0.1, 0.15) is 10.4 Å². The van der Waals surface area contributed by atoms with Crippen molar-refractivity contribution in [1.29, 1.82) is 0 Å². The Labute approximate surface area is 161 Å². The average molecular weight is 469 g/mol.